The van der Waals surface area contributed by atoms with E-state index in [4.69, 9.17) is 5.11 Å². The molecule has 0 aromatic rings. The monoisotopic (exact) mass is 256 g/mol. The zero-order valence-electron chi connectivity index (χ0n) is 9.81. The molecule has 2 rings (SSSR count). The number of carboxylic acids is 1. The van der Waals surface area contributed by atoms with Gasteiger partial charge in [0.25, 0.3) is 5.97 Å². The molecule has 2 aliphatic heterocycles. The highest BCUT2D eigenvalue weighted by molar-refractivity contribution is 8.00. The van der Waals surface area contributed by atoms with Gasteiger partial charge in [0.2, 0.25) is 0 Å². The Morgan fingerprint density at radius 3 is 3.06 bits per heavy atom. The molecule has 0 radical (unpaired) electrons. The zero-order chi connectivity index (χ0) is 12.4. The van der Waals surface area contributed by atoms with E-state index in [0.29, 0.717) is 11.7 Å². The van der Waals surface area contributed by atoms with E-state index in [1.165, 1.54) is 0 Å². The maximum Gasteiger partial charge on any atom is 0.315 e. The molecule has 2 fully saturated rings. The van der Waals surface area contributed by atoms with Crippen molar-refractivity contribution in [1.29, 1.82) is 0 Å². The van der Waals surface area contributed by atoms with Crippen molar-refractivity contribution in [1.82, 2.24) is 10.6 Å². The number of amides is 2. The molecule has 94 valence electrons. The third kappa shape index (κ3) is 2.88. The number of aliphatic carboxylic acids is 1. The van der Waals surface area contributed by atoms with Gasteiger partial charge in [0.05, 0.1) is 12.1 Å². The van der Waals surface area contributed by atoms with Crippen LogP contribution in [-0.2, 0) is 4.79 Å². The Bertz CT molecular complexity index is 329. The summed E-state index contributed by atoms with van der Waals surface area (Å²) < 4.78 is 0. The molecule has 3 N–H and O–H groups in total. The molecule has 2 heterocycles. The summed E-state index contributed by atoms with van der Waals surface area (Å²) in [4.78, 5) is 21.8. The average Bonchev–Trinajstić information content (AvgIpc) is 2.78. The largest absolute Gasteiger partial charge is 0.482 e. The maximum atomic E-state index is 11.2. The number of hydrogen-bond acceptors (Lipinski definition) is 3. The highest BCUT2D eigenvalue weighted by atomic mass is 32.2. The second-order valence-electron chi connectivity index (χ2n) is 4.79. The first-order chi connectivity index (χ1) is 8.08. The summed E-state index contributed by atoms with van der Waals surface area (Å²) in [5, 5.41) is 15.1. The molecule has 5 nitrogen and oxygen atoms in total. The minimum atomic E-state index is -0.724. The Kier molecular flexibility index (Phi) is 3.86. The standard InChI is InChI=1S/C10H17BN2O3S/c11-5(9(14)15)2-1-3-7-8-6(4-17-7)12-10(16)13-8/h5-8H,1-4,11H2,(H,14,15)(H2,12,13,16)/t5?,6-,7-,8-/m0/s1. The summed E-state index contributed by atoms with van der Waals surface area (Å²) in [5.74, 6) is -0.0333. The number of rotatable bonds is 5. The topological polar surface area (TPSA) is 78.4 Å². The van der Waals surface area contributed by atoms with Gasteiger partial charge >= 0.3 is 6.03 Å². The van der Waals surface area contributed by atoms with E-state index >= 15 is 0 Å². The van der Waals surface area contributed by atoms with E-state index in [9.17, 15) is 9.59 Å². The van der Waals surface area contributed by atoms with Crippen molar-refractivity contribution < 1.29 is 14.7 Å². The molecule has 0 aromatic carbocycles. The van der Waals surface area contributed by atoms with Crippen LogP contribution in [0.5, 0.6) is 0 Å². The molecule has 1 unspecified atom stereocenters. The average molecular weight is 256 g/mol. The van der Waals surface area contributed by atoms with Gasteiger partial charge in [-0.05, 0) is 12.8 Å². The van der Waals surface area contributed by atoms with Crippen molar-refractivity contribution in [3.05, 3.63) is 0 Å². The van der Waals surface area contributed by atoms with E-state index in [2.05, 4.69) is 10.6 Å². The van der Waals surface area contributed by atoms with Crippen LogP contribution in [0.25, 0.3) is 0 Å². The van der Waals surface area contributed by atoms with E-state index < -0.39 is 5.97 Å². The van der Waals surface area contributed by atoms with Crippen LogP contribution in [0.15, 0.2) is 0 Å². The van der Waals surface area contributed by atoms with Crippen LogP contribution in [0.3, 0.4) is 0 Å². The number of nitrogens with one attached hydrogen (secondary N) is 2. The van der Waals surface area contributed by atoms with Gasteiger partial charge in [-0.15, -0.1) is 0 Å². The summed E-state index contributed by atoms with van der Waals surface area (Å²) >= 11 is 1.87. The van der Waals surface area contributed by atoms with Crippen molar-refractivity contribution in [2.24, 2.45) is 0 Å². The van der Waals surface area contributed by atoms with E-state index in [1.54, 1.807) is 7.85 Å². The summed E-state index contributed by atoms with van der Waals surface area (Å²) in [6, 6.07) is 0.422. The minimum Gasteiger partial charge on any atom is -0.482 e. The Hall–Kier alpha value is -0.845. The van der Waals surface area contributed by atoms with Gasteiger partial charge in [-0.1, -0.05) is 6.42 Å². The summed E-state index contributed by atoms with van der Waals surface area (Å²) in [6.07, 6.45) is 2.60. The minimum absolute atomic E-state index is 0.0656. The highest BCUT2D eigenvalue weighted by Crippen LogP contribution is 2.33. The molecule has 0 bridgehead atoms. The Balaban J connectivity index is 1.73. The summed E-state index contributed by atoms with van der Waals surface area (Å²) in [5.41, 5.74) is 0. The van der Waals surface area contributed by atoms with Crippen molar-refractivity contribution in [3.8, 4) is 0 Å². The lowest BCUT2D eigenvalue weighted by Crippen LogP contribution is -2.36. The fraction of sp³-hybridized carbons (Fsp3) is 0.800. The quantitative estimate of drug-likeness (QED) is 0.471. The lowest BCUT2D eigenvalue weighted by atomic mass is 9.83. The van der Waals surface area contributed by atoms with Gasteiger partial charge in [-0.25, -0.2) is 4.79 Å². The first-order valence-corrected chi connectivity index (χ1v) is 7.04. The van der Waals surface area contributed by atoms with Crippen LogP contribution in [0.2, 0.25) is 5.82 Å². The number of carbonyl (C=O) groups excluding carboxylic acids is 1. The molecule has 7 heteroatoms. The fourth-order valence-electron chi connectivity index (χ4n) is 2.39. The van der Waals surface area contributed by atoms with Gasteiger partial charge in [0.1, 0.15) is 7.85 Å². The smallest absolute Gasteiger partial charge is 0.315 e. The number of fused-ring (bicyclic) bond motifs is 1. The molecule has 17 heavy (non-hydrogen) atoms. The van der Waals surface area contributed by atoms with Crippen molar-refractivity contribution in [2.75, 3.05) is 5.75 Å². The molecule has 4 atom stereocenters. The predicted octanol–water partition coefficient (Wildman–Crippen LogP) is -0.172. The Morgan fingerprint density at radius 2 is 2.35 bits per heavy atom. The first-order valence-electron chi connectivity index (χ1n) is 5.99. The third-order valence-corrected chi connectivity index (χ3v) is 4.99. The first kappa shape index (κ1) is 12.6. The van der Waals surface area contributed by atoms with Gasteiger partial charge in [0.15, 0.2) is 0 Å². The van der Waals surface area contributed by atoms with Gasteiger partial charge in [-0.3, -0.25) is 4.79 Å². The van der Waals surface area contributed by atoms with E-state index in [-0.39, 0.29) is 23.9 Å². The SMILES string of the molecule is BC(CCC[C@@H]1SC[C@@H]2NC(=O)N[C@@H]21)C(=O)O. The van der Waals surface area contributed by atoms with Crippen LogP contribution < -0.4 is 10.6 Å². The van der Waals surface area contributed by atoms with Crippen LogP contribution in [0.4, 0.5) is 4.79 Å². The molecule has 2 saturated heterocycles. The number of hydrogen-bond donors (Lipinski definition) is 3. The Labute approximate surface area is 106 Å². The van der Waals surface area contributed by atoms with Gasteiger partial charge < -0.3 is 15.7 Å². The lowest BCUT2D eigenvalue weighted by molar-refractivity contribution is -0.137. The van der Waals surface area contributed by atoms with E-state index in [1.807, 2.05) is 11.8 Å². The summed E-state index contributed by atoms with van der Waals surface area (Å²) in [6.45, 7) is 0. The van der Waals surface area contributed by atoms with Crippen LogP contribution >= 0.6 is 11.8 Å². The van der Waals surface area contributed by atoms with Gasteiger partial charge in [0, 0.05) is 16.8 Å². The normalized spacial score (nSPS) is 32.7. The molecule has 0 spiro atoms. The number of carboxylic acid groups (broad SMARTS) is 1. The predicted molar refractivity (Wildman–Crippen MR) is 69.3 cm³/mol. The third-order valence-electron chi connectivity index (χ3n) is 3.49. The maximum absolute atomic E-state index is 11.2. The van der Waals surface area contributed by atoms with Gasteiger partial charge in [-0.2, -0.15) is 11.8 Å². The second-order valence-corrected chi connectivity index (χ2v) is 6.06. The summed E-state index contributed by atoms with van der Waals surface area (Å²) in [7, 11) is 1.74. The van der Waals surface area contributed by atoms with Crippen LogP contribution in [-0.4, -0.2) is 48.0 Å². The lowest BCUT2D eigenvalue weighted by Gasteiger charge is -2.17. The van der Waals surface area contributed by atoms with E-state index in [0.717, 1.165) is 18.6 Å². The molecular weight excluding hydrogens is 239 g/mol. The van der Waals surface area contributed by atoms with Crippen molar-refractivity contribution in [2.45, 2.75) is 42.4 Å². The van der Waals surface area contributed by atoms with Crippen molar-refractivity contribution >= 4 is 31.6 Å². The molecule has 2 amide bonds. The number of urea groups is 1. The highest BCUT2D eigenvalue weighted by Gasteiger charge is 2.42. The van der Waals surface area contributed by atoms with Crippen LogP contribution in [0.1, 0.15) is 19.3 Å². The molecule has 0 aliphatic carbocycles. The number of thioether (sulfide) groups is 1. The molecule has 0 saturated carbocycles. The Morgan fingerprint density at radius 1 is 1.59 bits per heavy atom. The fourth-order valence-corrected chi connectivity index (χ4v) is 3.94. The molecule has 2 aliphatic rings. The molecular formula is C10H17BN2O3S. The van der Waals surface area contributed by atoms with Crippen LogP contribution in [0, 0.1) is 0 Å². The zero-order valence-corrected chi connectivity index (χ0v) is 10.6. The van der Waals surface area contributed by atoms with Crippen molar-refractivity contribution in [3.63, 3.8) is 0 Å². The number of carbonyl (C=O) groups is 2. The second kappa shape index (κ2) is 5.20. The molecule has 0 aromatic heterocycles.